The van der Waals surface area contributed by atoms with Crippen LogP contribution >= 0.6 is 11.6 Å². The summed E-state index contributed by atoms with van der Waals surface area (Å²) in [5.41, 5.74) is 0.863. The summed E-state index contributed by atoms with van der Waals surface area (Å²) in [4.78, 5) is 4.28. The maximum absolute atomic E-state index is 5.94. The van der Waals surface area contributed by atoms with E-state index in [1.807, 2.05) is 24.3 Å². The fourth-order valence-electron chi connectivity index (χ4n) is 1.76. The normalized spacial score (nSPS) is 10.8. The standard InChI is InChI=1S/C14H17ClN2O/c1-2-6-16-8-9-18-14-5-7-17-13-10-11(15)3-4-12(13)14/h3-5,7,10,16H,2,6,8-9H2,1H3. The molecule has 0 saturated carbocycles. The first-order valence-corrected chi connectivity index (χ1v) is 6.57. The minimum Gasteiger partial charge on any atom is -0.492 e. The summed E-state index contributed by atoms with van der Waals surface area (Å²) in [5.74, 6) is 0.856. The van der Waals surface area contributed by atoms with E-state index in [9.17, 15) is 0 Å². The van der Waals surface area contributed by atoms with E-state index in [0.717, 1.165) is 36.2 Å². The van der Waals surface area contributed by atoms with Gasteiger partial charge in [0.05, 0.1) is 5.52 Å². The maximum atomic E-state index is 5.94. The number of pyridine rings is 1. The second-order valence-electron chi connectivity index (χ2n) is 4.07. The Labute approximate surface area is 112 Å². The van der Waals surface area contributed by atoms with Gasteiger partial charge in [-0.25, -0.2) is 0 Å². The highest BCUT2D eigenvalue weighted by molar-refractivity contribution is 6.31. The lowest BCUT2D eigenvalue weighted by atomic mass is 10.2. The van der Waals surface area contributed by atoms with Gasteiger partial charge in [0, 0.05) is 23.2 Å². The van der Waals surface area contributed by atoms with Gasteiger partial charge in [-0.2, -0.15) is 0 Å². The number of ether oxygens (including phenoxy) is 1. The number of halogens is 1. The van der Waals surface area contributed by atoms with Crippen LogP contribution in [0.1, 0.15) is 13.3 Å². The van der Waals surface area contributed by atoms with Crippen LogP contribution in [-0.4, -0.2) is 24.7 Å². The summed E-state index contributed by atoms with van der Waals surface area (Å²) in [5, 5.41) is 4.99. The van der Waals surface area contributed by atoms with E-state index in [2.05, 4.69) is 17.2 Å². The zero-order valence-corrected chi connectivity index (χ0v) is 11.2. The van der Waals surface area contributed by atoms with Crippen molar-refractivity contribution in [3.8, 4) is 5.75 Å². The molecule has 0 atom stereocenters. The maximum Gasteiger partial charge on any atom is 0.130 e. The molecule has 1 aromatic heterocycles. The molecule has 18 heavy (non-hydrogen) atoms. The first-order chi connectivity index (χ1) is 8.81. The van der Waals surface area contributed by atoms with Gasteiger partial charge in [0.1, 0.15) is 12.4 Å². The van der Waals surface area contributed by atoms with Crippen LogP contribution in [-0.2, 0) is 0 Å². The predicted molar refractivity (Wildman–Crippen MR) is 75.4 cm³/mol. The Bertz CT molecular complexity index is 516. The molecule has 0 spiro atoms. The highest BCUT2D eigenvalue weighted by atomic mass is 35.5. The Morgan fingerprint density at radius 3 is 3.00 bits per heavy atom. The average Bonchev–Trinajstić information content (AvgIpc) is 2.38. The third kappa shape index (κ3) is 3.34. The lowest BCUT2D eigenvalue weighted by Crippen LogP contribution is -2.21. The highest BCUT2D eigenvalue weighted by Crippen LogP contribution is 2.25. The molecular formula is C14H17ClN2O. The molecule has 0 saturated heterocycles. The molecule has 4 heteroatoms. The van der Waals surface area contributed by atoms with Crippen molar-refractivity contribution >= 4 is 22.5 Å². The number of hydrogen-bond donors (Lipinski definition) is 1. The summed E-state index contributed by atoms with van der Waals surface area (Å²) in [6.45, 7) is 4.68. The second kappa shape index (κ2) is 6.57. The molecule has 0 fully saturated rings. The number of fused-ring (bicyclic) bond motifs is 1. The van der Waals surface area contributed by atoms with Gasteiger partial charge in [-0.1, -0.05) is 18.5 Å². The fourth-order valence-corrected chi connectivity index (χ4v) is 1.92. The Kier molecular flexibility index (Phi) is 4.79. The summed E-state index contributed by atoms with van der Waals surface area (Å²) in [6.07, 6.45) is 2.88. The van der Waals surface area contributed by atoms with Crippen molar-refractivity contribution in [3.05, 3.63) is 35.5 Å². The molecule has 2 rings (SSSR count). The van der Waals surface area contributed by atoms with E-state index < -0.39 is 0 Å². The largest absolute Gasteiger partial charge is 0.492 e. The van der Waals surface area contributed by atoms with Gasteiger partial charge < -0.3 is 10.1 Å². The Morgan fingerprint density at radius 2 is 2.17 bits per heavy atom. The topological polar surface area (TPSA) is 34.1 Å². The van der Waals surface area contributed by atoms with Crippen molar-refractivity contribution in [2.75, 3.05) is 19.7 Å². The van der Waals surface area contributed by atoms with Crippen molar-refractivity contribution in [2.45, 2.75) is 13.3 Å². The molecule has 0 aliphatic carbocycles. The fraction of sp³-hybridized carbons (Fsp3) is 0.357. The Balaban J connectivity index is 2.04. The number of benzene rings is 1. The van der Waals surface area contributed by atoms with E-state index in [1.165, 1.54) is 0 Å². The lowest BCUT2D eigenvalue weighted by Gasteiger charge is -2.09. The van der Waals surface area contributed by atoms with Crippen LogP contribution in [0.25, 0.3) is 10.9 Å². The molecule has 1 N–H and O–H groups in total. The summed E-state index contributed by atoms with van der Waals surface area (Å²) < 4.78 is 5.76. The van der Waals surface area contributed by atoms with E-state index in [-0.39, 0.29) is 0 Å². The molecule has 0 unspecified atom stereocenters. The number of hydrogen-bond acceptors (Lipinski definition) is 3. The molecule has 0 amide bonds. The van der Waals surface area contributed by atoms with E-state index >= 15 is 0 Å². The van der Waals surface area contributed by atoms with Crippen LogP contribution in [0.15, 0.2) is 30.5 Å². The number of aromatic nitrogens is 1. The van der Waals surface area contributed by atoms with Gasteiger partial charge in [0.15, 0.2) is 0 Å². The van der Waals surface area contributed by atoms with Gasteiger partial charge in [0.2, 0.25) is 0 Å². The first-order valence-electron chi connectivity index (χ1n) is 6.19. The molecule has 0 aliphatic heterocycles. The van der Waals surface area contributed by atoms with Crippen LogP contribution in [0.3, 0.4) is 0 Å². The monoisotopic (exact) mass is 264 g/mol. The predicted octanol–water partition coefficient (Wildman–Crippen LogP) is 3.27. The minimum atomic E-state index is 0.655. The van der Waals surface area contributed by atoms with Crippen LogP contribution in [0.4, 0.5) is 0 Å². The van der Waals surface area contributed by atoms with Gasteiger partial charge in [-0.05, 0) is 37.2 Å². The Morgan fingerprint density at radius 1 is 1.28 bits per heavy atom. The third-order valence-electron chi connectivity index (χ3n) is 2.63. The SMILES string of the molecule is CCCNCCOc1ccnc2cc(Cl)ccc12. The molecule has 2 aromatic rings. The molecule has 0 bridgehead atoms. The van der Waals surface area contributed by atoms with Crippen molar-refractivity contribution in [1.29, 1.82) is 0 Å². The van der Waals surface area contributed by atoms with Crippen LogP contribution in [0.5, 0.6) is 5.75 Å². The number of rotatable bonds is 6. The Hall–Kier alpha value is -1.32. The minimum absolute atomic E-state index is 0.655. The summed E-state index contributed by atoms with van der Waals surface area (Å²) in [6, 6.07) is 7.53. The molecule has 3 nitrogen and oxygen atoms in total. The van der Waals surface area contributed by atoms with Crippen LogP contribution < -0.4 is 10.1 Å². The molecule has 0 aliphatic rings. The molecule has 96 valence electrons. The van der Waals surface area contributed by atoms with Gasteiger partial charge in [-0.3, -0.25) is 4.98 Å². The van der Waals surface area contributed by atoms with Crippen LogP contribution in [0.2, 0.25) is 5.02 Å². The summed E-state index contributed by atoms with van der Waals surface area (Å²) >= 11 is 5.94. The zero-order chi connectivity index (χ0) is 12.8. The van der Waals surface area contributed by atoms with E-state index in [1.54, 1.807) is 6.20 Å². The highest BCUT2D eigenvalue weighted by Gasteiger charge is 2.03. The summed E-state index contributed by atoms with van der Waals surface area (Å²) in [7, 11) is 0. The smallest absolute Gasteiger partial charge is 0.130 e. The van der Waals surface area contributed by atoms with Crippen molar-refractivity contribution < 1.29 is 4.74 Å². The van der Waals surface area contributed by atoms with Gasteiger partial charge >= 0.3 is 0 Å². The van der Waals surface area contributed by atoms with Crippen molar-refractivity contribution in [3.63, 3.8) is 0 Å². The third-order valence-corrected chi connectivity index (χ3v) is 2.86. The molecule has 0 radical (unpaired) electrons. The van der Waals surface area contributed by atoms with Gasteiger partial charge in [-0.15, -0.1) is 0 Å². The number of nitrogens with zero attached hydrogens (tertiary/aromatic N) is 1. The second-order valence-corrected chi connectivity index (χ2v) is 4.51. The van der Waals surface area contributed by atoms with Crippen LogP contribution in [0, 0.1) is 0 Å². The van der Waals surface area contributed by atoms with E-state index in [0.29, 0.717) is 11.6 Å². The van der Waals surface area contributed by atoms with Gasteiger partial charge in [0.25, 0.3) is 0 Å². The average molecular weight is 265 g/mol. The van der Waals surface area contributed by atoms with Crippen molar-refractivity contribution in [1.82, 2.24) is 10.3 Å². The molecule has 1 aromatic carbocycles. The van der Waals surface area contributed by atoms with Crippen molar-refractivity contribution in [2.24, 2.45) is 0 Å². The first kappa shape index (κ1) is 13.1. The molecule has 1 heterocycles. The molecular weight excluding hydrogens is 248 g/mol. The number of nitrogens with one attached hydrogen (secondary N) is 1. The zero-order valence-electron chi connectivity index (χ0n) is 10.4. The quantitative estimate of drug-likeness (QED) is 0.813. The van der Waals surface area contributed by atoms with E-state index in [4.69, 9.17) is 16.3 Å². The lowest BCUT2D eigenvalue weighted by molar-refractivity contribution is 0.317.